The summed E-state index contributed by atoms with van der Waals surface area (Å²) in [6, 6.07) is 0. The second kappa shape index (κ2) is 6.81. The molecule has 0 amide bonds. The minimum Gasteiger partial charge on any atom is -0.389 e. The van der Waals surface area contributed by atoms with Crippen LogP contribution < -0.4 is 0 Å². The highest BCUT2D eigenvalue weighted by atomic mass is 19.4. The summed E-state index contributed by atoms with van der Waals surface area (Å²) in [6.07, 6.45) is -4.73. The molecular formula is C14H24F3NO3. The molecule has 1 heterocycles. The Kier molecular flexibility index (Phi) is 5.51. The van der Waals surface area contributed by atoms with Crippen LogP contribution in [0.15, 0.2) is 0 Å². The lowest BCUT2D eigenvalue weighted by Gasteiger charge is -2.38. The molecule has 1 aliphatic carbocycles. The fraction of sp³-hybridized carbons (Fsp3) is 1.00. The van der Waals surface area contributed by atoms with Crippen molar-refractivity contribution in [2.75, 3.05) is 19.6 Å². The van der Waals surface area contributed by atoms with Gasteiger partial charge in [0.2, 0.25) is 0 Å². The number of alkyl halides is 3. The lowest BCUT2D eigenvalue weighted by molar-refractivity contribution is -0.184. The van der Waals surface area contributed by atoms with Gasteiger partial charge in [0.05, 0.1) is 18.1 Å². The maximum Gasteiger partial charge on any atom is 0.391 e. The van der Waals surface area contributed by atoms with Gasteiger partial charge in [-0.15, -0.1) is 0 Å². The lowest BCUT2D eigenvalue weighted by Crippen LogP contribution is -2.55. The molecule has 4 nitrogen and oxygen atoms in total. The first-order valence-electron chi connectivity index (χ1n) is 7.60. The highest BCUT2D eigenvalue weighted by molar-refractivity contribution is 4.87. The first kappa shape index (κ1) is 17.0. The Morgan fingerprint density at radius 3 is 1.90 bits per heavy atom. The van der Waals surface area contributed by atoms with E-state index in [1.807, 2.05) is 4.90 Å². The molecule has 21 heavy (non-hydrogen) atoms. The molecule has 3 N–H and O–H groups in total. The third-order valence-corrected chi connectivity index (χ3v) is 4.84. The maximum atomic E-state index is 12.6. The third-order valence-electron chi connectivity index (χ3n) is 4.84. The van der Waals surface area contributed by atoms with Crippen molar-refractivity contribution >= 4 is 0 Å². The Morgan fingerprint density at radius 1 is 0.905 bits per heavy atom. The van der Waals surface area contributed by atoms with Crippen LogP contribution in [-0.2, 0) is 0 Å². The van der Waals surface area contributed by atoms with Crippen molar-refractivity contribution in [1.29, 1.82) is 0 Å². The van der Waals surface area contributed by atoms with Crippen LogP contribution in [0.1, 0.15) is 32.1 Å². The summed E-state index contributed by atoms with van der Waals surface area (Å²) in [6.45, 7) is 1.24. The van der Waals surface area contributed by atoms with Crippen molar-refractivity contribution in [3.05, 3.63) is 0 Å². The normalized spacial score (nSPS) is 39.4. The largest absolute Gasteiger partial charge is 0.391 e. The number of aliphatic hydroxyl groups is 3. The Labute approximate surface area is 122 Å². The topological polar surface area (TPSA) is 63.9 Å². The number of halogens is 3. The van der Waals surface area contributed by atoms with Gasteiger partial charge in [0.15, 0.2) is 0 Å². The van der Waals surface area contributed by atoms with E-state index in [1.54, 1.807) is 0 Å². The first-order valence-corrected chi connectivity index (χ1v) is 7.60. The van der Waals surface area contributed by atoms with Crippen molar-refractivity contribution in [3.63, 3.8) is 0 Å². The van der Waals surface area contributed by atoms with Crippen molar-refractivity contribution < 1.29 is 28.5 Å². The molecule has 0 radical (unpaired) electrons. The molecule has 0 aromatic heterocycles. The number of likely N-dealkylation sites (tertiary alicyclic amines) is 1. The summed E-state index contributed by atoms with van der Waals surface area (Å²) in [4.78, 5) is 1.87. The standard InChI is InChI=1S/C14H24F3NO3/c15-14(16,17)10-3-1-9(2-4-10)5-6-18-7-11(19)13(21)12(20)8-18/h9-13,19-21H,1-8H2/t9?,10?,11-,12+,13?. The fourth-order valence-electron chi connectivity index (χ4n) is 3.40. The molecule has 2 aliphatic rings. The SMILES string of the molecule is OC1[C@H](O)CN(CCC2CCC(C(F)(F)F)CC2)C[C@@H]1O. The van der Waals surface area contributed by atoms with E-state index < -0.39 is 30.4 Å². The summed E-state index contributed by atoms with van der Waals surface area (Å²) in [5.74, 6) is -0.868. The zero-order chi connectivity index (χ0) is 15.6. The zero-order valence-electron chi connectivity index (χ0n) is 12.0. The Bertz CT molecular complexity index is 320. The van der Waals surface area contributed by atoms with Gasteiger partial charge in [0.1, 0.15) is 6.10 Å². The predicted molar refractivity (Wildman–Crippen MR) is 70.6 cm³/mol. The van der Waals surface area contributed by atoms with Gasteiger partial charge < -0.3 is 15.3 Å². The molecule has 2 fully saturated rings. The molecule has 0 aromatic rings. The Morgan fingerprint density at radius 2 is 1.43 bits per heavy atom. The first-order chi connectivity index (χ1) is 9.77. The minimum absolute atomic E-state index is 0.206. The van der Waals surface area contributed by atoms with Crippen LogP contribution in [-0.4, -0.2) is 64.3 Å². The summed E-state index contributed by atoms with van der Waals surface area (Å²) in [7, 11) is 0. The molecule has 0 spiro atoms. The minimum atomic E-state index is -4.07. The molecule has 1 aliphatic heterocycles. The average Bonchev–Trinajstić information content (AvgIpc) is 2.42. The molecule has 0 bridgehead atoms. The Balaban J connectivity index is 1.70. The highest BCUT2D eigenvalue weighted by Gasteiger charge is 2.41. The van der Waals surface area contributed by atoms with E-state index >= 15 is 0 Å². The number of hydrogen-bond donors (Lipinski definition) is 3. The van der Waals surface area contributed by atoms with E-state index in [0.29, 0.717) is 32.5 Å². The van der Waals surface area contributed by atoms with Crippen LogP contribution in [0.2, 0.25) is 0 Å². The monoisotopic (exact) mass is 311 g/mol. The van der Waals surface area contributed by atoms with E-state index in [2.05, 4.69) is 0 Å². The van der Waals surface area contributed by atoms with Gasteiger partial charge >= 0.3 is 6.18 Å². The van der Waals surface area contributed by atoms with E-state index in [1.165, 1.54) is 0 Å². The molecule has 7 heteroatoms. The van der Waals surface area contributed by atoms with E-state index in [4.69, 9.17) is 0 Å². The van der Waals surface area contributed by atoms with Gasteiger partial charge in [0.25, 0.3) is 0 Å². The third kappa shape index (κ3) is 4.55. The fourth-order valence-corrected chi connectivity index (χ4v) is 3.40. The lowest BCUT2D eigenvalue weighted by atomic mass is 9.80. The zero-order valence-corrected chi connectivity index (χ0v) is 12.0. The Hall–Kier alpha value is -0.370. The number of aliphatic hydroxyl groups excluding tert-OH is 3. The van der Waals surface area contributed by atoms with Crippen molar-refractivity contribution in [2.24, 2.45) is 11.8 Å². The number of nitrogens with zero attached hydrogens (tertiary/aromatic N) is 1. The van der Waals surface area contributed by atoms with E-state index in [-0.39, 0.29) is 18.8 Å². The molecule has 1 unspecified atom stereocenters. The van der Waals surface area contributed by atoms with Gasteiger partial charge in [-0.2, -0.15) is 13.2 Å². The van der Waals surface area contributed by atoms with Crippen LogP contribution >= 0.6 is 0 Å². The highest BCUT2D eigenvalue weighted by Crippen LogP contribution is 2.40. The molecular weight excluding hydrogens is 287 g/mol. The van der Waals surface area contributed by atoms with Gasteiger partial charge in [0, 0.05) is 13.1 Å². The van der Waals surface area contributed by atoms with Crippen LogP contribution in [0.25, 0.3) is 0 Å². The number of hydrogen-bond acceptors (Lipinski definition) is 4. The summed E-state index contributed by atoms with van der Waals surface area (Å²) >= 11 is 0. The average molecular weight is 311 g/mol. The smallest absolute Gasteiger partial charge is 0.389 e. The molecule has 1 saturated carbocycles. The maximum absolute atomic E-state index is 12.6. The van der Waals surface area contributed by atoms with Crippen LogP contribution in [0.3, 0.4) is 0 Å². The van der Waals surface area contributed by atoms with E-state index in [9.17, 15) is 28.5 Å². The molecule has 1 saturated heterocycles. The summed E-state index contributed by atoms with van der Waals surface area (Å²) in [5, 5.41) is 28.7. The van der Waals surface area contributed by atoms with Crippen LogP contribution in [0.4, 0.5) is 13.2 Å². The van der Waals surface area contributed by atoms with Crippen LogP contribution in [0.5, 0.6) is 0 Å². The molecule has 0 aromatic carbocycles. The second-order valence-corrected chi connectivity index (χ2v) is 6.43. The van der Waals surface area contributed by atoms with E-state index in [0.717, 1.165) is 6.42 Å². The van der Waals surface area contributed by atoms with Gasteiger partial charge in [-0.1, -0.05) is 0 Å². The molecule has 124 valence electrons. The molecule has 2 rings (SSSR count). The van der Waals surface area contributed by atoms with Gasteiger partial charge in [-0.3, -0.25) is 4.90 Å². The number of rotatable bonds is 3. The van der Waals surface area contributed by atoms with Crippen molar-refractivity contribution in [3.8, 4) is 0 Å². The van der Waals surface area contributed by atoms with Gasteiger partial charge in [-0.25, -0.2) is 0 Å². The number of β-amino-alcohol motifs (C(OH)–C–C–N with tert-alkyl or cyclic N) is 2. The second-order valence-electron chi connectivity index (χ2n) is 6.43. The van der Waals surface area contributed by atoms with Crippen LogP contribution in [0, 0.1) is 11.8 Å². The predicted octanol–water partition coefficient (Wildman–Crippen LogP) is 1.14. The number of piperidine rings is 1. The van der Waals surface area contributed by atoms with Gasteiger partial charge in [-0.05, 0) is 44.6 Å². The van der Waals surface area contributed by atoms with Crippen molar-refractivity contribution in [2.45, 2.75) is 56.6 Å². The van der Waals surface area contributed by atoms with Crippen molar-refractivity contribution in [1.82, 2.24) is 4.90 Å². The summed E-state index contributed by atoms with van der Waals surface area (Å²) < 4.78 is 37.7. The quantitative estimate of drug-likeness (QED) is 0.731. The molecule has 3 atom stereocenters. The summed E-state index contributed by atoms with van der Waals surface area (Å²) in [5.41, 5.74) is 0.